The van der Waals surface area contributed by atoms with Crippen LogP contribution in [-0.2, 0) is 5.54 Å². The molecule has 0 amide bonds. The molecule has 98 valence electrons. The highest BCUT2D eigenvalue weighted by Gasteiger charge is 2.32. The summed E-state index contributed by atoms with van der Waals surface area (Å²) in [7, 11) is 0. The number of hydrogen-bond acceptors (Lipinski definition) is 3. The van der Waals surface area contributed by atoms with Gasteiger partial charge < -0.3 is 17.6 Å². The third kappa shape index (κ3) is 3.53. The van der Waals surface area contributed by atoms with Gasteiger partial charge in [-0.15, -0.1) is 0 Å². The molecule has 0 aliphatic heterocycles. The predicted molar refractivity (Wildman–Crippen MR) is 74.9 cm³/mol. The van der Waals surface area contributed by atoms with Crippen LogP contribution < -0.4 is 17.6 Å². The summed E-state index contributed by atoms with van der Waals surface area (Å²) in [6, 6.07) is 11.0. The van der Waals surface area contributed by atoms with Gasteiger partial charge in [0.05, 0.1) is 0 Å². The van der Waals surface area contributed by atoms with Crippen molar-refractivity contribution in [2.75, 3.05) is 6.54 Å². The SMILES string of the molecule is CCNC1(c2ccccc2)CCCCC1.N.N. The third-order valence-electron chi connectivity index (χ3n) is 3.55. The predicted octanol–water partition coefficient (Wildman–Crippen LogP) is 3.78. The van der Waals surface area contributed by atoms with Gasteiger partial charge in [-0.1, -0.05) is 56.5 Å². The highest BCUT2D eigenvalue weighted by Crippen LogP contribution is 2.36. The van der Waals surface area contributed by atoms with Gasteiger partial charge in [0.25, 0.3) is 0 Å². The van der Waals surface area contributed by atoms with Gasteiger partial charge >= 0.3 is 0 Å². The van der Waals surface area contributed by atoms with Crippen LogP contribution in [0.15, 0.2) is 30.3 Å². The monoisotopic (exact) mass is 237 g/mol. The zero-order chi connectivity index (χ0) is 10.6. The molecule has 1 aliphatic carbocycles. The highest BCUT2D eigenvalue weighted by atomic mass is 15.0. The maximum Gasteiger partial charge on any atom is 0.0434 e. The minimum absolute atomic E-state index is 0. The van der Waals surface area contributed by atoms with Gasteiger partial charge in [0.15, 0.2) is 0 Å². The molecular weight excluding hydrogens is 210 g/mol. The van der Waals surface area contributed by atoms with E-state index in [-0.39, 0.29) is 17.8 Å². The average Bonchev–Trinajstić information content (AvgIpc) is 2.32. The largest absolute Gasteiger partial charge is 0.344 e. The quantitative estimate of drug-likeness (QED) is 0.748. The van der Waals surface area contributed by atoms with Gasteiger partial charge in [-0.3, -0.25) is 0 Å². The standard InChI is InChI=1S/C14H21N.2H3N/c1-2-15-14(11-7-4-8-12-14)13-9-5-3-6-10-13;;/h3,5-6,9-10,15H,2,4,7-8,11-12H2,1H3;2*1H3. The molecule has 1 saturated carbocycles. The van der Waals surface area contributed by atoms with Crippen molar-refractivity contribution in [2.24, 2.45) is 0 Å². The van der Waals surface area contributed by atoms with Crippen molar-refractivity contribution in [2.45, 2.75) is 44.6 Å². The van der Waals surface area contributed by atoms with E-state index < -0.39 is 0 Å². The van der Waals surface area contributed by atoms with E-state index in [1.54, 1.807) is 0 Å². The second kappa shape index (κ2) is 7.43. The van der Waals surface area contributed by atoms with Crippen LogP contribution in [-0.4, -0.2) is 6.54 Å². The first kappa shape index (κ1) is 16.1. The Hall–Kier alpha value is -0.900. The summed E-state index contributed by atoms with van der Waals surface area (Å²) in [5.74, 6) is 0. The molecule has 0 radical (unpaired) electrons. The molecule has 1 aromatic rings. The van der Waals surface area contributed by atoms with Crippen LogP contribution >= 0.6 is 0 Å². The van der Waals surface area contributed by atoms with Crippen molar-refractivity contribution in [1.82, 2.24) is 17.6 Å². The molecule has 17 heavy (non-hydrogen) atoms. The molecule has 0 saturated heterocycles. The van der Waals surface area contributed by atoms with E-state index in [0.717, 1.165) is 6.54 Å². The molecule has 3 heteroatoms. The van der Waals surface area contributed by atoms with Crippen LogP contribution in [0, 0.1) is 0 Å². The summed E-state index contributed by atoms with van der Waals surface area (Å²) in [5, 5.41) is 3.71. The summed E-state index contributed by atoms with van der Waals surface area (Å²) in [6.45, 7) is 3.27. The fraction of sp³-hybridized carbons (Fsp3) is 0.571. The van der Waals surface area contributed by atoms with Crippen molar-refractivity contribution < 1.29 is 0 Å². The molecule has 0 atom stereocenters. The summed E-state index contributed by atoms with van der Waals surface area (Å²) in [5.41, 5.74) is 1.75. The first-order valence-electron chi connectivity index (χ1n) is 6.18. The Bertz CT molecular complexity index is 286. The van der Waals surface area contributed by atoms with Crippen molar-refractivity contribution in [3.05, 3.63) is 35.9 Å². The van der Waals surface area contributed by atoms with Crippen LogP contribution in [0.2, 0.25) is 0 Å². The zero-order valence-electron chi connectivity index (χ0n) is 11.0. The van der Waals surface area contributed by atoms with E-state index in [1.807, 2.05) is 0 Å². The molecule has 0 aromatic heterocycles. The smallest absolute Gasteiger partial charge is 0.0434 e. The Labute approximate surface area is 105 Å². The maximum atomic E-state index is 3.71. The van der Waals surface area contributed by atoms with Crippen LogP contribution in [0.25, 0.3) is 0 Å². The lowest BCUT2D eigenvalue weighted by molar-refractivity contribution is 0.238. The second-order valence-electron chi connectivity index (χ2n) is 4.54. The van der Waals surface area contributed by atoms with E-state index in [0.29, 0.717) is 0 Å². The molecule has 0 unspecified atom stereocenters. The Morgan fingerprint density at radius 3 is 2.12 bits per heavy atom. The van der Waals surface area contributed by atoms with E-state index in [4.69, 9.17) is 0 Å². The summed E-state index contributed by atoms with van der Waals surface area (Å²) >= 11 is 0. The fourth-order valence-electron chi connectivity index (χ4n) is 2.82. The second-order valence-corrected chi connectivity index (χ2v) is 4.54. The minimum atomic E-state index is 0. The van der Waals surface area contributed by atoms with E-state index in [1.165, 1.54) is 37.7 Å². The van der Waals surface area contributed by atoms with Crippen molar-refractivity contribution in [3.8, 4) is 0 Å². The van der Waals surface area contributed by atoms with Crippen LogP contribution in [0.3, 0.4) is 0 Å². The number of rotatable bonds is 3. The molecule has 1 fully saturated rings. The number of benzene rings is 1. The molecular formula is C14H27N3. The topological polar surface area (TPSA) is 82.0 Å². The van der Waals surface area contributed by atoms with Crippen molar-refractivity contribution >= 4 is 0 Å². The number of nitrogens with one attached hydrogen (secondary N) is 1. The Kier molecular flexibility index (Phi) is 7.04. The Morgan fingerprint density at radius 1 is 1.00 bits per heavy atom. The number of hydrogen-bond donors (Lipinski definition) is 3. The van der Waals surface area contributed by atoms with E-state index >= 15 is 0 Å². The van der Waals surface area contributed by atoms with Gasteiger partial charge in [0.2, 0.25) is 0 Å². The molecule has 7 N–H and O–H groups in total. The fourth-order valence-corrected chi connectivity index (χ4v) is 2.82. The van der Waals surface area contributed by atoms with Gasteiger partial charge in [0.1, 0.15) is 0 Å². The summed E-state index contributed by atoms with van der Waals surface area (Å²) < 4.78 is 0. The minimum Gasteiger partial charge on any atom is -0.344 e. The summed E-state index contributed by atoms with van der Waals surface area (Å²) in [6.07, 6.45) is 6.72. The zero-order valence-corrected chi connectivity index (χ0v) is 11.0. The average molecular weight is 237 g/mol. The third-order valence-corrected chi connectivity index (χ3v) is 3.55. The molecule has 0 heterocycles. The van der Waals surface area contributed by atoms with Gasteiger partial charge in [-0.2, -0.15) is 0 Å². The van der Waals surface area contributed by atoms with Gasteiger partial charge in [-0.25, -0.2) is 0 Å². The Balaban J connectivity index is 0.00000128. The van der Waals surface area contributed by atoms with E-state index in [9.17, 15) is 0 Å². The first-order chi connectivity index (χ1) is 7.37. The molecule has 0 bridgehead atoms. The Morgan fingerprint density at radius 2 is 1.59 bits per heavy atom. The summed E-state index contributed by atoms with van der Waals surface area (Å²) in [4.78, 5) is 0. The van der Waals surface area contributed by atoms with Crippen LogP contribution in [0.1, 0.15) is 44.6 Å². The molecule has 1 aromatic carbocycles. The van der Waals surface area contributed by atoms with Gasteiger partial charge in [0, 0.05) is 5.54 Å². The lowest BCUT2D eigenvalue weighted by atomic mass is 9.76. The molecule has 3 nitrogen and oxygen atoms in total. The first-order valence-corrected chi connectivity index (χ1v) is 6.18. The van der Waals surface area contributed by atoms with E-state index in [2.05, 4.69) is 42.6 Å². The molecule has 0 spiro atoms. The van der Waals surface area contributed by atoms with Crippen LogP contribution in [0.4, 0.5) is 0 Å². The highest BCUT2D eigenvalue weighted by molar-refractivity contribution is 5.25. The van der Waals surface area contributed by atoms with Crippen molar-refractivity contribution in [1.29, 1.82) is 0 Å². The molecule has 2 rings (SSSR count). The van der Waals surface area contributed by atoms with Crippen LogP contribution in [0.5, 0.6) is 0 Å². The normalized spacial score (nSPS) is 17.7. The maximum absolute atomic E-state index is 3.71. The van der Waals surface area contributed by atoms with Gasteiger partial charge in [-0.05, 0) is 24.9 Å². The lowest BCUT2D eigenvalue weighted by Gasteiger charge is -2.38. The van der Waals surface area contributed by atoms with Crippen molar-refractivity contribution in [3.63, 3.8) is 0 Å². The molecule has 1 aliphatic rings. The lowest BCUT2D eigenvalue weighted by Crippen LogP contribution is -2.43.